The molecule has 0 aromatic heterocycles. The van der Waals surface area contributed by atoms with Gasteiger partial charge in [0.25, 0.3) is 0 Å². The molecule has 0 aliphatic heterocycles. The number of nitrogens with zero attached hydrogens (tertiary/aromatic N) is 2. The van der Waals surface area contributed by atoms with Crippen molar-refractivity contribution < 1.29 is 0 Å². The van der Waals surface area contributed by atoms with E-state index in [9.17, 15) is 0 Å². The van der Waals surface area contributed by atoms with Crippen molar-refractivity contribution in [1.82, 2.24) is 5.32 Å². The zero-order chi connectivity index (χ0) is 13.5. The summed E-state index contributed by atoms with van der Waals surface area (Å²) < 4.78 is 0. The first-order chi connectivity index (χ1) is 9.35. The molecule has 0 saturated heterocycles. The van der Waals surface area contributed by atoms with E-state index in [0.29, 0.717) is 5.17 Å². The van der Waals surface area contributed by atoms with E-state index in [1.807, 2.05) is 67.0 Å². The average Bonchev–Trinajstić information content (AvgIpc) is 2.48. The molecule has 0 unspecified atom stereocenters. The fourth-order valence-electron chi connectivity index (χ4n) is 1.71. The van der Waals surface area contributed by atoms with Crippen LogP contribution in [0.1, 0.15) is 0 Å². The molecule has 0 bridgehead atoms. The van der Waals surface area contributed by atoms with Gasteiger partial charge in [-0.2, -0.15) is 5.26 Å². The van der Waals surface area contributed by atoms with E-state index in [0.717, 1.165) is 16.8 Å². The van der Waals surface area contributed by atoms with Crippen LogP contribution in [0.25, 0.3) is 11.1 Å². The second-order valence-electron chi connectivity index (χ2n) is 3.74. The summed E-state index contributed by atoms with van der Waals surface area (Å²) in [6, 6.07) is 18.0. The van der Waals surface area contributed by atoms with Gasteiger partial charge in [-0.25, -0.2) is 4.99 Å². The Kier molecular flexibility index (Phi) is 4.60. The summed E-state index contributed by atoms with van der Waals surface area (Å²) in [5, 5.41) is 11.8. The van der Waals surface area contributed by atoms with Gasteiger partial charge in [-0.05, 0) is 17.9 Å². The number of para-hydroxylation sites is 1. The Morgan fingerprint density at radius 3 is 2.47 bits per heavy atom. The highest BCUT2D eigenvalue weighted by molar-refractivity contribution is 8.13. The maximum atomic E-state index is 8.68. The van der Waals surface area contributed by atoms with Crippen LogP contribution in [-0.4, -0.2) is 11.4 Å². The number of aliphatic imine (C=N–C) groups is 1. The minimum atomic E-state index is 0.589. The van der Waals surface area contributed by atoms with Gasteiger partial charge in [0.05, 0.1) is 5.69 Å². The molecule has 0 aliphatic rings. The lowest BCUT2D eigenvalue weighted by Crippen LogP contribution is -2.12. The van der Waals surface area contributed by atoms with Gasteiger partial charge in [0.2, 0.25) is 0 Å². The molecule has 3 nitrogen and oxygen atoms in total. The monoisotopic (exact) mass is 267 g/mol. The summed E-state index contributed by atoms with van der Waals surface area (Å²) in [5.74, 6) is 0. The van der Waals surface area contributed by atoms with Crippen molar-refractivity contribution >= 4 is 22.6 Å². The van der Waals surface area contributed by atoms with Gasteiger partial charge in [-0.3, -0.25) is 5.32 Å². The molecule has 0 fully saturated rings. The number of hydrogen-bond donors (Lipinski definition) is 1. The molecule has 19 heavy (non-hydrogen) atoms. The largest absolute Gasteiger partial charge is 0.271 e. The highest BCUT2D eigenvalue weighted by Gasteiger charge is 2.04. The predicted octanol–water partition coefficient (Wildman–Crippen LogP) is 3.77. The van der Waals surface area contributed by atoms with Gasteiger partial charge < -0.3 is 0 Å². The third kappa shape index (κ3) is 3.36. The molecule has 0 radical (unpaired) electrons. The van der Waals surface area contributed by atoms with Gasteiger partial charge in [-0.15, -0.1) is 0 Å². The van der Waals surface area contributed by atoms with E-state index in [-0.39, 0.29) is 0 Å². The number of benzene rings is 2. The molecule has 0 spiro atoms. The molecule has 94 valence electrons. The van der Waals surface area contributed by atoms with Gasteiger partial charge in [0, 0.05) is 5.56 Å². The van der Waals surface area contributed by atoms with Crippen LogP contribution in [-0.2, 0) is 0 Å². The molecule has 2 aromatic carbocycles. The quantitative estimate of drug-likeness (QED) is 0.390. The maximum absolute atomic E-state index is 8.68. The van der Waals surface area contributed by atoms with Crippen molar-refractivity contribution in [2.24, 2.45) is 4.99 Å². The number of amidine groups is 1. The molecule has 4 heteroatoms. The average molecular weight is 267 g/mol. The normalized spacial score (nSPS) is 10.8. The highest BCUT2D eigenvalue weighted by atomic mass is 32.2. The number of nitriles is 1. The summed E-state index contributed by atoms with van der Waals surface area (Å²) >= 11 is 1.41. The Hall–Kier alpha value is -2.25. The third-order valence-electron chi connectivity index (χ3n) is 2.57. The topological polar surface area (TPSA) is 48.2 Å². The number of nitrogens with one attached hydrogen (secondary N) is 1. The smallest absolute Gasteiger partial charge is 0.183 e. The molecule has 1 N–H and O–H groups in total. The Morgan fingerprint density at radius 2 is 1.79 bits per heavy atom. The Labute approximate surface area is 117 Å². The van der Waals surface area contributed by atoms with Gasteiger partial charge >= 0.3 is 0 Å². The fraction of sp³-hybridized carbons (Fsp3) is 0.0667. The van der Waals surface area contributed by atoms with Crippen LogP contribution in [0.2, 0.25) is 0 Å². The van der Waals surface area contributed by atoms with E-state index in [1.165, 1.54) is 11.8 Å². The summed E-state index contributed by atoms with van der Waals surface area (Å²) in [4.78, 5) is 4.49. The van der Waals surface area contributed by atoms with Crippen LogP contribution in [0.4, 0.5) is 5.69 Å². The van der Waals surface area contributed by atoms with Crippen LogP contribution in [0, 0.1) is 11.5 Å². The number of thioether (sulfide) groups is 1. The molecule has 0 aliphatic carbocycles. The molecule has 0 amide bonds. The second-order valence-corrected chi connectivity index (χ2v) is 4.54. The minimum absolute atomic E-state index is 0.589. The van der Waals surface area contributed by atoms with E-state index >= 15 is 0 Å². The highest BCUT2D eigenvalue weighted by Crippen LogP contribution is 2.30. The Morgan fingerprint density at radius 1 is 1.11 bits per heavy atom. The standard InChI is InChI=1S/C15H13N3S/c1-19-15(17-11-16)18-14-10-6-5-9-13(14)12-7-3-2-4-8-12/h2-10H,1H3,(H,17,18). The Bertz CT molecular complexity index is 615. The zero-order valence-electron chi connectivity index (χ0n) is 10.5. The molecule has 2 aromatic rings. The lowest BCUT2D eigenvalue weighted by molar-refractivity contribution is 1.28. The van der Waals surface area contributed by atoms with Gasteiger partial charge in [-0.1, -0.05) is 60.3 Å². The second kappa shape index (κ2) is 6.62. The van der Waals surface area contributed by atoms with Crippen LogP contribution in [0.3, 0.4) is 0 Å². The van der Waals surface area contributed by atoms with E-state index in [2.05, 4.69) is 10.3 Å². The first kappa shape index (κ1) is 13.2. The van der Waals surface area contributed by atoms with Crippen molar-refractivity contribution in [3.63, 3.8) is 0 Å². The minimum Gasteiger partial charge on any atom is -0.271 e. The van der Waals surface area contributed by atoms with Crippen molar-refractivity contribution in [3.8, 4) is 17.3 Å². The Balaban J connectivity index is 2.45. The van der Waals surface area contributed by atoms with Gasteiger partial charge in [0.1, 0.15) is 0 Å². The van der Waals surface area contributed by atoms with E-state index < -0.39 is 0 Å². The summed E-state index contributed by atoms with van der Waals surface area (Å²) in [6.07, 6.45) is 3.78. The lowest BCUT2D eigenvalue weighted by Gasteiger charge is -2.07. The van der Waals surface area contributed by atoms with Crippen molar-refractivity contribution in [1.29, 1.82) is 5.26 Å². The summed E-state index contributed by atoms with van der Waals surface area (Å²) in [7, 11) is 0. The summed E-state index contributed by atoms with van der Waals surface area (Å²) in [5.41, 5.74) is 3.01. The zero-order valence-corrected chi connectivity index (χ0v) is 11.3. The van der Waals surface area contributed by atoms with Crippen LogP contribution < -0.4 is 5.32 Å². The van der Waals surface area contributed by atoms with Crippen molar-refractivity contribution in [2.75, 3.05) is 6.26 Å². The van der Waals surface area contributed by atoms with Crippen LogP contribution in [0.15, 0.2) is 59.6 Å². The SMILES string of the molecule is CSC(=Nc1ccccc1-c1ccccc1)NC#N. The fourth-order valence-corrected chi connectivity index (χ4v) is 2.05. The third-order valence-corrected chi connectivity index (χ3v) is 3.15. The van der Waals surface area contributed by atoms with Crippen molar-refractivity contribution in [3.05, 3.63) is 54.6 Å². The number of hydrogen-bond acceptors (Lipinski definition) is 3. The molecule has 0 saturated carbocycles. The molecule has 2 rings (SSSR count). The number of rotatable bonds is 2. The molecular weight excluding hydrogens is 254 g/mol. The first-order valence-electron chi connectivity index (χ1n) is 5.77. The maximum Gasteiger partial charge on any atom is 0.183 e. The lowest BCUT2D eigenvalue weighted by atomic mass is 10.0. The van der Waals surface area contributed by atoms with Gasteiger partial charge in [0.15, 0.2) is 11.4 Å². The van der Waals surface area contributed by atoms with E-state index in [4.69, 9.17) is 5.26 Å². The molecule has 0 heterocycles. The van der Waals surface area contributed by atoms with E-state index in [1.54, 1.807) is 0 Å². The first-order valence-corrected chi connectivity index (χ1v) is 7.00. The van der Waals surface area contributed by atoms with Crippen LogP contribution >= 0.6 is 11.8 Å². The molecule has 0 atom stereocenters. The van der Waals surface area contributed by atoms with Crippen molar-refractivity contribution in [2.45, 2.75) is 0 Å². The molecular formula is C15H13N3S. The van der Waals surface area contributed by atoms with Crippen LogP contribution in [0.5, 0.6) is 0 Å². The summed E-state index contributed by atoms with van der Waals surface area (Å²) in [6.45, 7) is 0. The predicted molar refractivity (Wildman–Crippen MR) is 81.2 cm³/mol.